The number of benzene rings is 1. The normalized spacial score (nSPS) is 13.2. The summed E-state index contributed by atoms with van der Waals surface area (Å²) < 4.78 is 29.0. The van der Waals surface area contributed by atoms with E-state index in [2.05, 4.69) is 10.1 Å². The van der Waals surface area contributed by atoms with Gasteiger partial charge in [-0.05, 0) is 11.5 Å². The molecule has 0 aliphatic carbocycles. The zero-order valence-electron chi connectivity index (χ0n) is 12.7. The number of halogens is 2. The van der Waals surface area contributed by atoms with Crippen LogP contribution in [0.3, 0.4) is 0 Å². The predicted molar refractivity (Wildman–Crippen MR) is 76.9 cm³/mol. The highest BCUT2D eigenvalue weighted by Crippen LogP contribution is 2.26. The molecule has 0 aliphatic heterocycles. The first-order valence-corrected chi connectivity index (χ1v) is 6.72. The number of hydrogen-bond acceptors (Lipinski definition) is 5. The third-order valence-corrected chi connectivity index (χ3v) is 3.12. The molecule has 2 N–H and O–H groups in total. The van der Waals surface area contributed by atoms with Gasteiger partial charge >= 0.3 is 6.61 Å². The first kappa shape index (κ1) is 18.2. The monoisotopic (exact) mass is 318 g/mol. The van der Waals surface area contributed by atoms with Crippen LogP contribution in [0.4, 0.5) is 14.5 Å². The quantitative estimate of drug-likeness (QED) is 0.596. The number of nitro groups is 1. The van der Waals surface area contributed by atoms with E-state index < -0.39 is 17.6 Å². The molecule has 0 aromatic heterocycles. The van der Waals surface area contributed by atoms with E-state index in [9.17, 15) is 24.0 Å². The molecule has 1 aromatic rings. The fraction of sp³-hybridized carbons (Fsp3) is 0.571. The molecule has 8 heteroatoms. The van der Waals surface area contributed by atoms with E-state index in [0.717, 1.165) is 12.1 Å². The third kappa shape index (κ3) is 5.53. The molecule has 1 atom stereocenters. The maximum absolute atomic E-state index is 12.3. The number of nitrogens with one attached hydrogen (secondary N) is 1. The first-order chi connectivity index (χ1) is 10.1. The Kier molecular flexibility index (Phi) is 6.19. The van der Waals surface area contributed by atoms with Gasteiger partial charge in [0.2, 0.25) is 0 Å². The van der Waals surface area contributed by atoms with Gasteiger partial charge in [0.1, 0.15) is 5.75 Å². The minimum absolute atomic E-state index is 0.0663. The Morgan fingerprint density at radius 2 is 2.05 bits per heavy atom. The lowest BCUT2D eigenvalue weighted by Crippen LogP contribution is -2.36. The lowest BCUT2D eigenvalue weighted by Gasteiger charge is -2.26. The second-order valence-corrected chi connectivity index (χ2v) is 5.94. The van der Waals surface area contributed by atoms with Crippen LogP contribution < -0.4 is 10.1 Å². The van der Waals surface area contributed by atoms with E-state index in [4.69, 9.17) is 0 Å². The van der Waals surface area contributed by atoms with Gasteiger partial charge in [-0.15, -0.1) is 0 Å². The van der Waals surface area contributed by atoms with Crippen LogP contribution in [-0.4, -0.2) is 29.3 Å². The van der Waals surface area contributed by atoms with Crippen LogP contribution in [0.15, 0.2) is 18.2 Å². The number of nitrogens with zero attached hydrogens (tertiary/aromatic N) is 1. The summed E-state index contributed by atoms with van der Waals surface area (Å²) >= 11 is 0. The Bertz CT molecular complexity index is 518. The Labute approximate surface area is 127 Å². The number of hydrogen-bond donors (Lipinski definition) is 2. The van der Waals surface area contributed by atoms with E-state index >= 15 is 0 Å². The SMILES string of the molecule is CC(C)(C)C(O)CNCc1cc([N+](=O)[O-])ccc1OC(F)F. The Balaban J connectivity index is 2.81. The smallest absolute Gasteiger partial charge is 0.387 e. The molecule has 0 saturated heterocycles. The molecule has 0 aliphatic rings. The van der Waals surface area contributed by atoms with Crippen molar-refractivity contribution < 1.29 is 23.5 Å². The Hall–Kier alpha value is -1.80. The molecule has 0 fully saturated rings. The van der Waals surface area contributed by atoms with Gasteiger partial charge in [-0.25, -0.2) is 0 Å². The van der Waals surface area contributed by atoms with Gasteiger partial charge in [0.15, 0.2) is 0 Å². The van der Waals surface area contributed by atoms with Crippen molar-refractivity contribution in [2.45, 2.75) is 40.0 Å². The molecule has 1 unspecified atom stereocenters. The van der Waals surface area contributed by atoms with Crippen LogP contribution >= 0.6 is 0 Å². The van der Waals surface area contributed by atoms with E-state index in [1.54, 1.807) is 0 Å². The van der Waals surface area contributed by atoms with E-state index in [0.29, 0.717) is 0 Å². The summed E-state index contributed by atoms with van der Waals surface area (Å²) in [6.07, 6.45) is -0.648. The third-order valence-electron chi connectivity index (χ3n) is 3.12. The van der Waals surface area contributed by atoms with Crippen molar-refractivity contribution in [1.29, 1.82) is 0 Å². The van der Waals surface area contributed by atoms with Crippen molar-refractivity contribution in [3.8, 4) is 5.75 Å². The highest BCUT2D eigenvalue weighted by Gasteiger charge is 2.22. The van der Waals surface area contributed by atoms with Crippen LogP contribution in [0, 0.1) is 15.5 Å². The molecule has 124 valence electrons. The molecule has 6 nitrogen and oxygen atoms in total. The summed E-state index contributed by atoms with van der Waals surface area (Å²) in [7, 11) is 0. The molecule has 1 rings (SSSR count). The van der Waals surface area contributed by atoms with Crippen LogP contribution in [0.25, 0.3) is 0 Å². The lowest BCUT2D eigenvalue weighted by atomic mass is 9.89. The molecule has 22 heavy (non-hydrogen) atoms. The van der Waals surface area contributed by atoms with Crippen LogP contribution in [-0.2, 0) is 6.54 Å². The zero-order chi connectivity index (χ0) is 16.9. The lowest BCUT2D eigenvalue weighted by molar-refractivity contribution is -0.385. The number of aliphatic hydroxyl groups excluding tert-OH is 1. The number of non-ortho nitro benzene ring substituents is 1. The van der Waals surface area contributed by atoms with Gasteiger partial charge in [-0.1, -0.05) is 20.8 Å². The summed E-state index contributed by atoms with van der Waals surface area (Å²) in [5.74, 6) is -0.127. The summed E-state index contributed by atoms with van der Waals surface area (Å²) in [4.78, 5) is 10.1. The van der Waals surface area contributed by atoms with Crippen LogP contribution in [0.2, 0.25) is 0 Å². The Morgan fingerprint density at radius 1 is 1.41 bits per heavy atom. The number of nitro benzene ring substituents is 1. The highest BCUT2D eigenvalue weighted by molar-refractivity contribution is 5.43. The maximum atomic E-state index is 12.3. The van der Waals surface area contributed by atoms with E-state index in [1.807, 2.05) is 20.8 Å². The molecular formula is C14H20F2N2O4. The number of aliphatic hydroxyl groups is 1. The van der Waals surface area contributed by atoms with Crippen molar-refractivity contribution in [2.24, 2.45) is 5.41 Å². The molecule has 0 heterocycles. The minimum Gasteiger partial charge on any atom is -0.434 e. The number of rotatable bonds is 7. The van der Waals surface area contributed by atoms with Gasteiger partial charge in [0, 0.05) is 30.8 Å². The standard InChI is InChI=1S/C14H20F2N2O4/c1-14(2,3)12(19)8-17-7-9-6-10(18(20)21)4-5-11(9)22-13(15)16/h4-6,12-13,17,19H,7-8H2,1-3H3. The predicted octanol–water partition coefficient (Wildman–Crippen LogP) is 2.69. The van der Waals surface area contributed by atoms with Gasteiger partial charge in [0.05, 0.1) is 11.0 Å². The summed E-state index contributed by atoms with van der Waals surface area (Å²) in [5, 5.41) is 23.5. The van der Waals surface area contributed by atoms with Crippen LogP contribution in [0.5, 0.6) is 5.75 Å². The summed E-state index contributed by atoms with van der Waals surface area (Å²) in [6, 6.07) is 3.42. The van der Waals surface area contributed by atoms with Crippen molar-refractivity contribution in [3.63, 3.8) is 0 Å². The molecule has 0 spiro atoms. The van der Waals surface area contributed by atoms with Crippen molar-refractivity contribution >= 4 is 5.69 Å². The molecular weight excluding hydrogens is 298 g/mol. The maximum Gasteiger partial charge on any atom is 0.387 e. The fourth-order valence-electron chi connectivity index (χ4n) is 1.68. The summed E-state index contributed by atoms with van der Waals surface area (Å²) in [6.45, 7) is 2.85. The Morgan fingerprint density at radius 3 is 2.55 bits per heavy atom. The largest absolute Gasteiger partial charge is 0.434 e. The van der Waals surface area contributed by atoms with E-state index in [1.165, 1.54) is 6.07 Å². The fourth-order valence-corrected chi connectivity index (χ4v) is 1.68. The van der Waals surface area contributed by atoms with Gasteiger partial charge in [-0.2, -0.15) is 8.78 Å². The van der Waals surface area contributed by atoms with Gasteiger partial charge in [0.25, 0.3) is 5.69 Å². The topological polar surface area (TPSA) is 84.6 Å². The second kappa shape index (κ2) is 7.46. The van der Waals surface area contributed by atoms with Gasteiger partial charge in [-0.3, -0.25) is 10.1 Å². The molecule has 0 amide bonds. The number of alkyl halides is 2. The average molecular weight is 318 g/mol. The minimum atomic E-state index is -3.01. The average Bonchev–Trinajstić information content (AvgIpc) is 2.38. The van der Waals surface area contributed by atoms with Gasteiger partial charge < -0.3 is 15.2 Å². The van der Waals surface area contributed by atoms with E-state index in [-0.39, 0.29) is 35.5 Å². The molecule has 0 saturated carbocycles. The van der Waals surface area contributed by atoms with Crippen LogP contribution in [0.1, 0.15) is 26.3 Å². The summed E-state index contributed by atoms with van der Waals surface area (Å²) in [5.41, 5.74) is -0.316. The second-order valence-electron chi connectivity index (χ2n) is 5.94. The van der Waals surface area contributed by atoms with Crippen molar-refractivity contribution in [3.05, 3.63) is 33.9 Å². The zero-order valence-corrected chi connectivity index (χ0v) is 12.7. The van der Waals surface area contributed by atoms with Crippen molar-refractivity contribution in [2.75, 3.05) is 6.54 Å². The molecule has 0 bridgehead atoms. The highest BCUT2D eigenvalue weighted by atomic mass is 19.3. The first-order valence-electron chi connectivity index (χ1n) is 6.72. The molecule has 1 aromatic carbocycles. The molecule has 0 radical (unpaired) electrons. The van der Waals surface area contributed by atoms with Crippen molar-refractivity contribution in [1.82, 2.24) is 5.32 Å². The number of ether oxygens (including phenoxy) is 1.